The Bertz CT molecular complexity index is 1250. The van der Waals surface area contributed by atoms with Crippen LogP contribution in [-0.4, -0.2) is 62.4 Å². The van der Waals surface area contributed by atoms with Crippen LogP contribution in [0.1, 0.15) is 5.56 Å². The minimum atomic E-state index is -4.74. The number of halogens is 5. The van der Waals surface area contributed by atoms with Gasteiger partial charge in [0.2, 0.25) is 10.0 Å². The van der Waals surface area contributed by atoms with Gasteiger partial charge in [0.25, 0.3) is 0 Å². The van der Waals surface area contributed by atoms with Crippen LogP contribution in [0.3, 0.4) is 0 Å². The summed E-state index contributed by atoms with van der Waals surface area (Å²) in [6, 6.07) is 6.91. The van der Waals surface area contributed by atoms with Gasteiger partial charge in [-0.3, -0.25) is 0 Å². The Morgan fingerprint density at radius 1 is 1.06 bits per heavy atom. The molecule has 0 aromatic heterocycles. The van der Waals surface area contributed by atoms with E-state index >= 15 is 0 Å². The van der Waals surface area contributed by atoms with E-state index in [1.165, 1.54) is 24.3 Å². The average Bonchev–Trinajstić information content (AvgIpc) is 3.04. The molecule has 1 fully saturated rings. The Labute approximate surface area is 198 Å². The summed E-state index contributed by atoms with van der Waals surface area (Å²) >= 11 is 11.6. The maximum absolute atomic E-state index is 13.0. The first kappa shape index (κ1) is 26.2. The topological polar surface area (TPSA) is 112 Å². The number of aliphatic hydroxyl groups excluding tert-OH is 1. The number of sulfonamides is 1. The number of hydrogen-bond acceptors (Lipinski definition) is 6. The Balaban J connectivity index is 1.91. The molecule has 2 atom stereocenters. The highest BCUT2D eigenvalue weighted by Crippen LogP contribution is 2.38. The molecule has 33 heavy (non-hydrogen) atoms. The van der Waals surface area contributed by atoms with Gasteiger partial charge in [-0.2, -0.15) is 17.5 Å². The fourth-order valence-corrected chi connectivity index (χ4v) is 7.39. The summed E-state index contributed by atoms with van der Waals surface area (Å²) in [6.45, 7) is -2.13. The number of β-amino-alcohol motifs (C(OH)–C–C–N with tert-alkyl or cyclic N) is 1. The van der Waals surface area contributed by atoms with Crippen molar-refractivity contribution in [3.05, 3.63) is 58.1 Å². The van der Waals surface area contributed by atoms with Crippen LogP contribution in [0.5, 0.6) is 0 Å². The van der Waals surface area contributed by atoms with Crippen LogP contribution in [0, 0.1) is 5.92 Å². The summed E-state index contributed by atoms with van der Waals surface area (Å²) in [4.78, 5) is -0.752. The van der Waals surface area contributed by atoms with Crippen molar-refractivity contribution in [2.24, 2.45) is 5.92 Å². The number of aliphatic hydroxyl groups is 2. The van der Waals surface area contributed by atoms with Crippen LogP contribution < -0.4 is 0 Å². The van der Waals surface area contributed by atoms with Crippen molar-refractivity contribution in [2.75, 3.05) is 25.4 Å². The SMILES string of the molecule is O=S(=O)(CC1CN(S(=O)(=O)c2ccc(C(F)(F)F)cc2Cl)C[C@@]1(O)CO)c1ccc(Cl)cc1. The third kappa shape index (κ3) is 5.31. The van der Waals surface area contributed by atoms with Gasteiger partial charge in [-0.1, -0.05) is 23.2 Å². The highest BCUT2D eigenvalue weighted by atomic mass is 35.5. The lowest BCUT2D eigenvalue weighted by molar-refractivity contribution is -0.137. The molecular formula is C19H18Cl2F3NO6S2. The van der Waals surface area contributed by atoms with E-state index in [1.807, 2.05) is 0 Å². The second-order valence-electron chi connectivity index (χ2n) is 7.63. The number of sulfone groups is 1. The molecular weight excluding hydrogens is 530 g/mol. The lowest BCUT2D eigenvalue weighted by Crippen LogP contribution is -2.44. The zero-order valence-corrected chi connectivity index (χ0v) is 19.8. The number of hydrogen-bond donors (Lipinski definition) is 2. The fourth-order valence-electron chi connectivity index (χ4n) is 3.51. The van der Waals surface area contributed by atoms with Gasteiger partial charge in [0.1, 0.15) is 10.5 Å². The van der Waals surface area contributed by atoms with Crippen molar-refractivity contribution < 1.29 is 40.2 Å². The van der Waals surface area contributed by atoms with Gasteiger partial charge in [0, 0.05) is 24.0 Å². The van der Waals surface area contributed by atoms with Gasteiger partial charge in [-0.05, 0) is 42.5 Å². The number of nitrogens with zero attached hydrogens (tertiary/aromatic N) is 1. The lowest BCUT2D eigenvalue weighted by Gasteiger charge is -2.26. The molecule has 1 aliphatic rings. The lowest BCUT2D eigenvalue weighted by atomic mass is 9.94. The maximum Gasteiger partial charge on any atom is 0.416 e. The molecule has 0 spiro atoms. The summed E-state index contributed by atoms with van der Waals surface area (Å²) in [5.74, 6) is -1.93. The Morgan fingerprint density at radius 2 is 1.67 bits per heavy atom. The van der Waals surface area contributed by atoms with Crippen molar-refractivity contribution >= 4 is 43.1 Å². The fraction of sp³-hybridized carbons (Fsp3) is 0.368. The second kappa shape index (κ2) is 8.99. The van der Waals surface area contributed by atoms with Crippen molar-refractivity contribution in [3.63, 3.8) is 0 Å². The van der Waals surface area contributed by atoms with Gasteiger partial charge in [0.05, 0.1) is 27.8 Å². The minimum absolute atomic E-state index is 0.112. The summed E-state index contributed by atoms with van der Waals surface area (Å²) < 4.78 is 91.0. The van der Waals surface area contributed by atoms with E-state index in [0.29, 0.717) is 27.5 Å². The van der Waals surface area contributed by atoms with E-state index in [0.717, 1.165) is 0 Å². The van der Waals surface area contributed by atoms with Gasteiger partial charge in [-0.15, -0.1) is 0 Å². The summed E-state index contributed by atoms with van der Waals surface area (Å²) in [5.41, 5.74) is -3.25. The van der Waals surface area contributed by atoms with Crippen molar-refractivity contribution in [1.29, 1.82) is 0 Å². The van der Waals surface area contributed by atoms with Gasteiger partial charge in [0.15, 0.2) is 9.84 Å². The standard InChI is InChI=1S/C19H18Cl2F3NO6S2/c20-14-2-4-15(5-3-14)32(28,29)9-13-8-25(10-18(13,27)11-26)33(30,31)17-6-1-12(7-16(17)21)19(22,23)24/h1-7,13,26-27H,8-11H2/t13?,18-/m1/s1. The van der Waals surface area contributed by atoms with E-state index in [4.69, 9.17) is 23.2 Å². The van der Waals surface area contributed by atoms with Crippen molar-refractivity contribution in [3.8, 4) is 0 Å². The van der Waals surface area contributed by atoms with E-state index in [1.54, 1.807) is 0 Å². The van der Waals surface area contributed by atoms with E-state index in [9.17, 15) is 40.2 Å². The third-order valence-electron chi connectivity index (χ3n) is 5.38. The molecule has 1 saturated heterocycles. The summed E-state index contributed by atoms with van der Waals surface area (Å²) in [7, 11) is -8.53. The van der Waals surface area contributed by atoms with Crippen molar-refractivity contribution in [2.45, 2.75) is 21.6 Å². The van der Waals surface area contributed by atoms with Crippen LogP contribution in [-0.2, 0) is 26.0 Å². The van der Waals surface area contributed by atoms with Crippen LogP contribution in [0.2, 0.25) is 10.0 Å². The molecule has 7 nitrogen and oxygen atoms in total. The highest BCUT2D eigenvalue weighted by Gasteiger charge is 2.50. The number of rotatable bonds is 6. The molecule has 0 aliphatic carbocycles. The summed E-state index contributed by atoms with van der Waals surface area (Å²) in [6.07, 6.45) is -4.74. The molecule has 1 aliphatic heterocycles. The smallest absolute Gasteiger partial charge is 0.393 e. The molecule has 2 aromatic rings. The van der Waals surface area contributed by atoms with Crippen LogP contribution in [0.15, 0.2) is 52.3 Å². The highest BCUT2D eigenvalue weighted by molar-refractivity contribution is 7.91. The first-order valence-corrected chi connectivity index (χ1v) is 13.1. The zero-order chi connectivity index (χ0) is 24.8. The van der Waals surface area contributed by atoms with Gasteiger partial charge < -0.3 is 10.2 Å². The van der Waals surface area contributed by atoms with Crippen LogP contribution in [0.4, 0.5) is 13.2 Å². The summed E-state index contributed by atoms with van der Waals surface area (Å²) in [5, 5.41) is 20.1. The first-order valence-electron chi connectivity index (χ1n) is 9.29. The monoisotopic (exact) mass is 547 g/mol. The first-order chi connectivity index (χ1) is 15.1. The van der Waals surface area contributed by atoms with Crippen molar-refractivity contribution in [1.82, 2.24) is 4.31 Å². The zero-order valence-electron chi connectivity index (χ0n) is 16.6. The molecule has 1 unspecified atom stereocenters. The molecule has 0 saturated carbocycles. The Hall–Kier alpha value is -1.41. The van der Waals surface area contributed by atoms with Crippen LogP contribution in [0.25, 0.3) is 0 Å². The molecule has 3 rings (SSSR count). The van der Waals surface area contributed by atoms with Gasteiger partial charge >= 0.3 is 6.18 Å². The molecule has 182 valence electrons. The predicted octanol–water partition coefficient (Wildman–Crippen LogP) is 2.83. The third-order valence-corrected chi connectivity index (χ3v) is 9.76. The molecule has 2 N–H and O–H groups in total. The molecule has 0 bridgehead atoms. The second-order valence-corrected chi connectivity index (χ2v) is 12.4. The minimum Gasteiger partial charge on any atom is -0.393 e. The molecule has 2 aromatic carbocycles. The van der Waals surface area contributed by atoms with E-state index < -0.39 is 78.5 Å². The largest absolute Gasteiger partial charge is 0.416 e. The molecule has 1 heterocycles. The Kier molecular flexibility index (Phi) is 7.14. The van der Waals surface area contributed by atoms with Crippen LogP contribution >= 0.6 is 23.2 Å². The molecule has 0 radical (unpaired) electrons. The molecule has 0 amide bonds. The quantitative estimate of drug-likeness (QED) is 0.575. The van der Waals surface area contributed by atoms with Gasteiger partial charge in [-0.25, -0.2) is 16.8 Å². The molecule has 14 heteroatoms. The van der Waals surface area contributed by atoms with E-state index in [2.05, 4.69) is 0 Å². The van der Waals surface area contributed by atoms with E-state index in [-0.39, 0.29) is 4.90 Å². The predicted molar refractivity (Wildman–Crippen MR) is 114 cm³/mol. The normalized spacial score (nSPS) is 22.6. The number of alkyl halides is 3. The Morgan fingerprint density at radius 3 is 2.18 bits per heavy atom. The number of benzene rings is 2. The average molecular weight is 548 g/mol. The maximum atomic E-state index is 13.0.